The van der Waals surface area contributed by atoms with Crippen LogP contribution in [-0.2, 0) is 0 Å². The van der Waals surface area contributed by atoms with Gasteiger partial charge in [-0.3, -0.25) is 4.79 Å². The van der Waals surface area contributed by atoms with Crippen LogP contribution in [0.1, 0.15) is 34.6 Å². The Morgan fingerprint density at radius 3 is 2.05 bits per heavy atom. The molecule has 0 saturated heterocycles. The van der Waals surface area contributed by atoms with Crippen LogP contribution in [-0.4, -0.2) is 48.6 Å². The van der Waals surface area contributed by atoms with Crippen LogP contribution in [0.15, 0.2) is 24.3 Å². The minimum absolute atomic E-state index is 0.0525. The number of rotatable bonds is 6. The van der Waals surface area contributed by atoms with E-state index in [2.05, 4.69) is 19.2 Å². The normalized spacial score (nSPS) is 12.5. The molecule has 1 aromatic rings. The maximum absolute atomic E-state index is 12.1. The maximum Gasteiger partial charge on any atom is 0.335 e. The van der Waals surface area contributed by atoms with Crippen LogP contribution >= 0.6 is 0 Å². The van der Waals surface area contributed by atoms with E-state index in [0.29, 0.717) is 11.5 Å². The molecular formula is C15H22N2O3. The molecule has 1 unspecified atom stereocenters. The number of likely N-dealkylation sites (N-methyl/N-ethyl adjacent to an activating group) is 1. The summed E-state index contributed by atoms with van der Waals surface area (Å²) in [6.45, 7) is 4.88. The second-order valence-electron chi connectivity index (χ2n) is 5.47. The average Bonchev–Trinajstić information content (AvgIpc) is 2.37. The van der Waals surface area contributed by atoms with Crippen LogP contribution in [0.25, 0.3) is 0 Å². The second kappa shape index (κ2) is 7.05. The number of nitrogens with zero attached hydrogens (tertiary/aromatic N) is 1. The monoisotopic (exact) mass is 278 g/mol. The topological polar surface area (TPSA) is 69.6 Å². The van der Waals surface area contributed by atoms with Gasteiger partial charge in [0.25, 0.3) is 5.91 Å². The van der Waals surface area contributed by atoms with E-state index >= 15 is 0 Å². The van der Waals surface area contributed by atoms with E-state index in [1.54, 1.807) is 0 Å². The van der Waals surface area contributed by atoms with Crippen molar-refractivity contribution in [2.75, 3.05) is 20.6 Å². The molecule has 0 fully saturated rings. The fourth-order valence-electron chi connectivity index (χ4n) is 1.83. The van der Waals surface area contributed by atoms with Gasteiger partial charge in [-0.15, -0.1) is 0 Å². The Balaban J connectivity index is 2.75. The van der Waals surface area contributed by atoms with E-state index in [1.165, 1.54) is 24.3 Å². The van der Waals surface area contributed by atoms with Crippen LogP contribution in [0.2, 0.25) is 0 Å². The molecule has 2 N–H and O–H groups in total. The third-order valence-corrected chi connectivity index (χ3v) is 3.08. The highest BCUT2D eigenvalue weighted by Gasteiger charge is 2.18. The molecule has 0 aliphatic heterocycles. The van der Waals surface area contributed by atoms with Gasteiger partial charge in [0.15, 0.2) is 0 Å². The molecule has 1 amide bonds. The quantitative estimate of drug-likeness (QED) is 0.831. The molecule has 0 aliphatic carbocycles. The van der Waals surface area contributed by atoms with Crippen LogP contribution in [0, 0.1) is 5.92 Å². The molecule has 0 saturated carbocycles. The first-order valence-corrected chi connectivity index (χ1v) is 6.60. The molecule has 0 aromatic heterocycles. The minimum atomic E-state index is -0.996. The van der Waals surface area contributed by atoms with Gasteiger partial charge in [-0.1, -0.05) is 13.8 Å². The van der Waals surface area contributed by atoms with Crippen molar-refractivity contribution >= 4 is 11.9 Å². The van der Waals surface area contributed by atoms with Crippen LogP contribution in [0.4, 0.5) is 0 Å². The number of carboxylic acid groups (broad SMARTS) is 1. The van der Waals surface area contributed by atoms with E-state index in [4.69, 9.17) is 5.11 Å². The summed E-state index contributed by atoms with van der Waals surface area (Å²) >= 11 is 0. The Kier molecular flexibility index (Phi) is 5.70. The summed E-state index contributed by atoms with van der Waals surface area (Å²) in [7, 11) is 3.92. The summed E-state index contributed by atoms with van der Waals surface area (Å²) in [5.41, 5.74) is 0.648. The Labute approximate surface area is 119 Å². The molecule has 0 bridgehead atoms. The lowest BCUT2D eigenvalue weighted by molar-refractivity contribution is 0.0696. The lowest BCUT2D eigenvalue weighted by atomic mass is 10.0. The van der Waals surface area contributed by atoms with Crippen LogP contribution in [0.3, 0.4) is 0 Å². The first kappa shape index (κ1) is 16.2. The van der Waals surface area contributed by atoms with Gasteiger partial charge in [-0.25, -0.2) is 4.79 Å². The Morgan fingerprint density at radius 1 is 1.15 bits per heavy atom. The number of carbonyl (C=O) groups excluding carboxylic acids is 1. The van der Waals surface area contributed by atoms with E-state index < -0.39 is 5.97 Å². The second-order valence-corrected chi connectivity index (χ2v) is 5.47. The first-order chi connectivity index (χ1) is 9.31. The maximum atomic E-state index is 12.1. The smallest absolute Gasteiger partial charge is 0.335 e. The Morgan fingerprint density at radius 2 is 1.65 bits per heavy atom. The Bertz CT molecular complexity index is 467. The molecule has 0 radical (unpaired) electrons. The highest BCUT2D eigenvalue weighted by molar-refractivity contribution is 5.96. The lowest BCUT2D eigenvalue weighted by Crippen LogP contribution is -2.45. The summed E-state index contributed by atoms with van der Waals surface area (Å²) in [6.07, 6.45) is 0. The van der Waals surface area contributed by atoms with E-state index in [0.717, 1.165) is 6.54 Å². The summed E-state index contributed by atoms with van der Waals surface area (Å²) < 4.78 is 0. The number of hydrogen-bond donors (Lipinski definition) is 2. The molecule has 5 heteroatoms. The van der Waals surface area contributed by atoms with Gasteiger partial charge in [0, 0.05) is 18.2 Å². The minimum Gasteiger partial charge on any atom is -0.478 e. The van der Waals surface area contributed by atoms with Crippen molar-refractivity contribution in [3.8, 4) is 0 Å². The summed E-state index contributed by atoms with van der Waals surface area (Å²) in [5, 5.41) is 11.8. The van der Waals surface area contributed by atoms with Crippen molar-refractivity contribution in [1.82, 2.24) is 10.2 Å². The van der Waals surface area contributed by atoms with E-state index in [1.807, 2.05) is 19.0 Å². The Hall–Kier alpha value is -1.88. The van der Waals surface area contributed by atoms with Gasteiger partial charge in [0.2, 0.25) is 0 Å². The van der Waals surface area contributed by atoms with E-state index in [-0.39, 0.29) is 17.5 Å². The van der Waals surface area contributed by atoms with Crippen LogP contribution in [0.5, 0.6) is 0 Å². The SMILES string of the molecule is CC(C)C(CN(C)C)NC(=O)c1ccc(C(=O)O)cc1. The van der Waals surface area contributed by atoms with Crippen molar-refractivity contribution in [3.63, 3.8) is 0 Å². The van der Waals surface area contributed by atoms with Gasteiger partial charge in [-0.2, -0.15) is 0 Å². The van der Waals surface area contributed by atoms with Gasteiger partial charge in [0.05, 0.1) is 5.56 Å². The average molecular weight is 278 g/mol. The molecule has 5 nitrogen and oxygen atoms in total. The summed E-state index contributed by atoms with van der Waals surface area (Å²) in [4.78, 5) is 24.9. The highest BCUT2D eigenvalue weighted by Crippen LogP contribution is 2.08. The molecule has 0 spiro atoms. The number of carboxylic acids is 1. The van der Waals surface area contributed by atoms with E-state index in [9.17, 15) is 9.59 Å². The third-order valence-electron chi connectivity index (χ3n) is 3.08. The third kappa shape index (κ3) is 4.66. The van der Waals surface area contributed by atoms with Crippen LogP contribution < -0.4 is 5.32 Å². The largest absolute Gasteiger partial charge is 0.478 e. The fourth-order valence-corrected chi connectivity index (χ4v) is 1.83. The molecular weight excluding hydrogens is 256 g/mol. The van der Waals surface area contributed by atoms with Crippen molar-refractivity contribution in [2.45, 2.75) is 19.9 Å². The molecule has 20 heavy (non-hydrogen) atoms. The lowest BCUT2D eigenvalue weighted by Gasteiger charge is -2.25. The molecule has 1 atom stereocenters. The highest BCUT2D eigenvalue weighted by atomic mass is 16.4. The number of amides is 1. The van der Waals surface area contributed by atoms with Gasteiger partial charge in [0.1, 0.15) is 0 Å². The number of aromatic carboxylic acids is 1. The zero-order valence-corrected chi connectivity index (χ0v) is 12.4. The van der Waals surface area contributed by atoms with Crippen molar-refractivity contribution in [3.05, 3.63) is 35.4 Å². The van der Waals surface area contributed by atoms with Crippen molar-refractivity contribution in [2.24, 2.45) is 5.92 Å². The number of benzene rings is 1. The summed E-state index contributed by atoms with van der Waals surface area (Å²) in [6, 6.07) is 6.00. The number of nitrogens with one attached hydrogen (secondary N) is 1. The molecule has 1 rings (SSSR count). The molecule has 0 heterocycles. The van der Waals surface area contributed by atoms with Crippen molar-refractivity contribution < 1.29 is 14.7 Å². The molecule has 110 valence electrons. The predicted molar refractivity (Wildman–Crippen MR) is 78.0 cm³/mol. The number of carbonyl (C=O) groups is 2. The molecule has 1 aromatic carbocycles. The summed E-state index contributed by atoms with van der Waals surface area (Å²) in [5.74, 6) is -0.855. The zero-order chi connectivity index (χ0) is 15.3. The molecule has 0 aliphatic rings. The standard InChI is InChI=1S/C15H22N2O3/c1-10(2)13(9-17(3)4)16-14(18)11-5-7-12(8-6-11)15(19)20/h5-8,10,13H,9H2,1-4H3,(H,16,18)(H,19,20). The predicted octanol–water partition coefficient (Wildman–Crippen LogP) is 1.70. The number of hydrogen-bond acceptors (Lipinski definition) is 3. The van der Waals surface area contributed by atoms with Crippen molar-refractivity contribution in [1.29, 1.82) is 0 Å². The van der Waals surface area contributed by atoms with Gasteiger partial charge in [-0.05, 0) is 44.3 Å². The first-order valence-electron chi connectivity index (χ1n) is 6.60. The van der Waals surface area contributed by atoms with Gasteiger partial charge < -0.3 is 15.3 Å². The van der Waals surface area contributed by atoms with Gasteiger partial charge >= 0.3 is 5.97 Å². The zero-order valence-electron chi connectivity index (χ0n) is 12.4. The fraction of sp³-hybridized carbons (Fsp3) is 0.467.